The Morgan fingerprint density at radius 1 is 1.25 bits per heavy atom. The van der Waals surface area contributed by atoms with E-state index in [0.29, 0.717) is 6.42 Å². The predicted molar refractivity (Wildman–Crippen MR) is 78.7 cm³/mol. The van der Waals surface area contributed by atoms with E-state index in [1.807, 2.05) is 0 Å². The molecule has 1 aliphatic rings. The summed E-state index contributed by atoms with van der Waals surface area (Å²) in [6.45, 7) is 6.09. The van der Waals surface area contributed by atoms with Crippen molar-refractivity contribution < 1.29 is 9.90 Å². The van der Waals surface area contributed by atoms with Crippen LogP contribution in [0.25, 0.3) is 0 Å². The number of amides is 1. The first-order valence-corrected chi connectivity index (χ1v) is 7.22. The molecule has 2 rings (SSSR count). The average Bonchev–Trinajstić information content (AvgIpc) is 2.47. The standard InChI is InChI=1S/C15H23N3O2/c19-14-4-2-13(3-5-14)12-15(20)17-6-1-9-18-10-7-16-8-11-18/h2-5,16,19H,1,6-12H2,(H,17,20). The molecule has 0 aliphatic carbocycles. The maximum Gasteiger partial charge on any atom is 0.224 e. The highest BCUT2D eigenvalue weighted by Crippen LogP contribution is 2.09. The molecule has 0 spiro atoms. The maximum absolute atomic E-state index is 11.8. The first-order chi connectivity index (χ1) is 9.74. The second-order valence-corrected chi connectivity index (χ2v) is 5.14. The van der Waals surface area contributed by atoms with E-state index in [0.717, 1.165) is 51.3 Å². The molecule has 1 fully saturated rings. The number of aromatic hydroxyl groups is 1. The Morgan fingerprint density at radius 3 is 2.65 bits per heavy atom. The van der Waals surface area contributed by atoms with Crippen LogP contribution in [0.1, 0.15) is 12.0 Å². The van der Waals surface area contributed by atoms with Crippen molar-refractivity contribution in [2.75, 3.05) is 39.3 Å². The zero-order valence-corrected chi connectivity index (χ0v) is 11.8. The van der Waals surface area contributed by atoms with E-state index in [1.165, 1.54) is 0 Å². The van der Waals surface area contributed by atoms with Gasteiger partial charge in [0.25, 0.3) is 0 Å². The third-order valence-corrected chi connectivity index (χ3v) is 3.48. The highest BCUT2D eigenvalue weighted by atomic mass is 16.3. The van der Waals surface area contributed by atoms with Crippen molar-refractivity contribution in [2.24, 2.45) is 0 Å². The van der Waals surface area contributed by atoms with Gasteiger partial charge in [0.2, 0.25) is 5.91 Å². The molecule has 1 heterocycles. The van der Waals surface area contributed by atoms with E-state index in [4.69, 9.17) is 0 Å². The fourth-order valence-electron chi connectivity index (χ4n) is 2.33. The van der Waals surface area contributed by atoms with Crippen LogP contribution in [0.5, 0.6) is 5.75 Å². The van der Waals surface area contributed by atoms with Crippen molar-refractivity contribution in [3.05, 3.63) is 29.8 Å². The number of hydrogen-bond donors (Lipinski definition) is 3. The number of rotatable bonds is 6. The summed E-state index contributed by atoms with van der Waals surface area (Å²) < 4.78 is 0. The molecule has 1 aromatic carbocycles. The lowest BCUT2D eigenvalue weighted by atomic mass is 10.1. The topological polar surface area (TPSA) is 64.6 Å². The van der Waals surface area contributed by atoms with Gasteiger partial charge in [0.05, 0.1) is 6.42 Å². The third-order valence-electron chi connectivity index (χ3n) is 3.48. The normalized spacial score (nSPS) is 16.0. The van der Waals surface area contributed by atoms with Crippen LogP contribution in [0.15, 0.2) is 24.3 Å². The summed E-state index contributed by atoms with van der Waals surface area (Å²) in [5.74, 6) is 0.265. The molecule has 0 aromatic heterocycles. The predicted octanol–water partition coefficient (Wildman–Crippen LogP) is 0.346. The van der Waals surface area contributed by atoms with Gasteiger partial charge >= 0.3 is 0 Å². The van der Waals surface area contributed by atoms with Gasteiger partial charge < -0.3 is 20.6 Å². The summed E-state index contributed by atoms with van der Waals surface area (Å²) >= 11 is 0. The maximum atomic E-state index is 11.8. The number of hydrogen-bond acceptors (Lipinski definition) is 4. The molecule has 0 bridgehead atoms. The smallest absolute Gasteiger partial charge is 0.224 e. The highest BCUT2D eigenvalue weighted by Gasteiger charge is 2.08. The van der Waals surface area contributed by atoms with Gasteiger partial charge in [-0.3, -0.25) is 4.79 Å². The molecule has 3 N–H and O–H groups in total. The van der Waals surface area contributed by atoms with Crippen LogP contribution >= 0.6 is 0 Å². The molecule has 5 nitrogen and oxygen atoms in total. The minimum atomic E-state index is 0.0380. The Morgan fingerprint density at radius 2 is 1.95 bits per heavy atom. The molecule has 0 atom stereocenters. The van der Waals surface area contributed by atoms with Crippen LogP contribution in [0, 0.1) is 0 Å². The van der Waals surface area contributed by atoms with Crippen molar-refractivity contribution in [1.82, 2.24) is 15.5 Å². The van der Waals surface area contributed by atoms with Gasteiger partial charge in [-0.25, -0.2) is 0 Å². The van der Waals surface area contributed by atoms with E-state index in [2.05, 4.69) is 15.5 Å². The molecule has 5 heteroatoms. The van der Waals surface area contributed by atoms with E-state index in [-0.39, 0.29) is 11.7 Å². The van der Waals surface area contributed by atoms with Crippen molar-refractivity contribution in [3.63, 3.8) is 0 Å². The van der Waals surface area contributed by atoms with E-state index >= 15 is 0 Å². The van der Waals surface area contributed by atoms with Crippen molar-refractivity contribution in [1.29, 1.82) is 0 Å². The lowest BCUT2D eigenvalue weighted by Crippen LogP contribution is -2.44. The lowest BCUT2D eigenvalue weighted by molar-refractivity contribution is -0.120. The fraction of sp³-hybridized carbons (Fsp3) is 0.533. The Kier molecular flexibility index (Phi) is 5.83. The molecular formula is C15H23N3O2. The van der Waals surface area contributed by atoms with Gasteiger partial charge in [0.1, 0.15) is 5.75 Å². The fourth-order valence-corrected chi connectivity index (χ4v) is 2.33. The molecule has 1 aromatic rings. The summed E-state index contributed by atoms with van der Waals surface area (Å²) in [5, 5.41) is 15.4. The second kappa shape index (κ2) is 7.87. The van der Waals surface area contributed by atoms with Gasteiger partial charge in [-0.05, 0) is 30.7 Å². The Balaban J connectivity index is 1.59. The molecule has 1 aliphatic heterocycles. The van der Waals surface area contributed by atoms with E-state index in [9.17, 15) is 9.90 Å². The zero-order valence-electron chi connectivity index (χ0n) is 11.8. The Labute approximate surface area is 120 Å². The molecular weight excluding hydrogens is 254 g/mol. The van der Waals surface area contributed by atoms with Crippen LogP contribution in [0.4, 0.5) is 0 Å². The molecule has 1 saturated heterocycles. The first kappa shape index (κ1) is 14.8. The van der Waals surface area contributed by atoms with Gasteiger partial charge in [-0.15, -0.1) is 0 Å². The number of nitrogens with zero attached hydrogens (tertiary/aromatic N) is 1. The molecule has 0 radical (unpaired) electrons. The number of phenolic OH excluding ortho intramolecular Hbond substituents is 1. The molecule has 110 valence electrons. The van der Waals surface area contributed by atoms with Crippen LogP contribution in [0.2, 0.25) is 0 Å². The summed E-state index contributed by atoms with van der Waals surface area (Å²) in [6.07, 6.45) is 1.36. The number of piperazine rings is 1. The first-order valence-electron chi connectivity index (χ1n) is 7.22. The molecule has 20 heavy (non-hydrogen) atoms. The summed E-state index contributed by atoms with van der Waals surface area (Å²) in [6, 6.07) is 6.76. The summed E-state index contributed by atoms with van der Waals surface area (Å²) in [5.41, 5.74) is 0.919. The summed E-state index contributed by atoms with van der Waals surface area (Å²) in [4.78, 5) is 14.2. The summed E-state index contributed by atoms with van der Waals surface area (Å²) in [7, 11) is 0. The zero-order chi connectivity index (χ0) is 14.2. The number of nitrogens with one attached hydrogen (secondary N) is 2. The van der Waals surface area contributed by atoms with E-state index < -0.39 is 0 Å². The minimum absolute atomic E-state index is 0.0380. The van der Waals surface area contributed by atoms with Crippen molar-refractivity contribution >= 4 is 5.91 Å². The molecule has 0 saturated carbocycles. The quantitative estimate of drug-likeness (QED) is 0.656. The van der Waals surface area contributed by atoms with Crippen molar-refractivity contribution in [3.8, 4) is 5.75 Å². The third kappa shape index (κ3) is 5.19. The number of phenols is 1. The van der Waals surface area contributed by atoms with Crippen molar-refractivity contribution in [2.45, 2.75) is 12.8 Å². The molecule has 1 amide bonds. The Hall–Kier alpha value is -1.59. The van der Waals surface area contributed by atoms with Crippen LogP contribution in [0.3, 0.4) is 0 Å². The van der Waals surface area contributed by atoms with Gasteiger partial charge in [-0.1, -0.05) is 12.1 Å². The minimum Gasteiger partial charge on any atom is -0.508 e. The average molecular weight is 277 g/mol. The second-order valence-electron chi connectivity index (χ2n) is 5.14. The largest absolute Gasteiger partial charge is 0.508 e. The van der Waals surface area contributed by atoms with Crippen LogP contribution < -0.4 is 10.6 Å². The number of benzene rings is 1. The number of carbonyl (C=O) groups is 1. The van der Waals surface area contributed by atoms with Crippen LogP contribution in [-0.4, -0.2) is 55.2 Å². The van der Waals surface area contributed by atoms with E-state index in [1.54, 1.807) is 24.3 Å². The Bertz CT molecular complexity index is 414. The van der Waals surface area contributed by atoms with Gasteiger partial charge in [0.15, 0.2) is 0 Å². The van der Waals surface area contributed by atoms with Gasteiger partial charge in [0, 0.05) is 32.7 Å². The van der Waals surface area contributed by atoms with Gasteiger partial charge in [-0.2, -0.15) is 0 Å². The SMILES string of the molecule is O=C(Cc1ccc(O)cc1)NCCCN1CCNCC1. The monoisotopic (exact) mass is 277 g/mol. The van der Waals surface area contributed by atoms with Crippen LogP contribution in [-0.2, 0) is 11.2 Å². The highest BCUT2D eigenvalue weighted by molar-refractivity contribution is 5.78. The number of carbonyl (C=O) groups excluding carboxylic acids is 1. The molecule has 0 unspecified atom stereocenters. The lowest BCUT2D eigenvalue weighted by Gasteiger charge is -2.27.